The Kier molecular flexibility index (Phi) is 1.27. The van der Waals surface area contributed by atoms with E-state index in [4.69, 9.17) is 4.74 Å². The van der Waals surface area contributed by atoms with Gasteiger partial charge in [0.25, 0.3) is 0 Å². The van der Waals surface area contributed by atoms with Gasteiger partial charge in [0, 0.05) is 13.7 Å². The van der Waals surface area contributed by atoms with Crippen LogP contribution in [0.15, 0.2) is 0 Å². The quantitative estimate of drug-likeness (QED) is 0.536. The van der Waals surface area contributed by atoms with Crippen LogP contribution in [0, 0.1) is 5.92 Å². The van der Waals surface area contributed by atoms with E-state index in [9.17, 15) is 0 Å². The number of hydrazine groups is 1. The SMILES string of the molecule is COC1CNNC12CC2C. The first-order valence-corrected chi connectivity index (χ1v) is 3.82. The summed E-state index contributed by atoms with van der Waals surface area (Å²) in [4.78, 5) is 0. The van der Waals surface area contributed by atoms with Gasteiger partial charge in [0.15, 0.2) is 0 Å². The van der Waals surface area contributed by atoms with Crippen molar-refractivity contribution < 1.29 is 4.74 Å². The predicted octanol–water partition coefficient (Wildman–Crippen LogP) is -0.112. The Hall–Kier alpha value is -0.120. The van der Waals surface area contributed by atoms with E-state index in [1.165, 1.54) is 6.42 Å². The van der Waals surface area contributed by atoms with Crippen LogP contribution in [0.25, 0.3) is 0 Å². The van der Waals surface area contributed by atoms with Crippen molar-refractivity contribution in [1.82, 2.24) is 10.9 Å². The molecule has 3 nitrogen and oxygen atoms in total. The zero-order chi connectivity index (χ0) is 7.19. The average Bonchev–Trinajstić information content (AvgIpc) is 2.45. The zero-order valence-corrected chi connectivity index (χ0v) is 6.48. The van der Waals surface area contributed by atoms with Gasteiger partial charge in [-0.1, -0.05) is 6.92 Å². The Morgan fingerprint density at radius 3 is 2.70 bits per heavy atom. The number of nitrogens with one attached hydrogen (secondary N) is 2. The Morgan fingerprint density at radius 1 is 1.60 bits per heavy atom. The standard InChI is InChI=1S/C7H14N2O/c1-5-3-7(5)6(10-2)4-8-9-7/h5-6,8-9H,3-4H2,1-2H3. The monoisotopic (exact) mass is 142 g/mol. The molecule has 1 aliphatic heterocycles. The Balaban J connectivity index is 2.08. The summed E-state index contributed by atoms with van der Waals surface area (Å²) in [6.45, 7) is 3.20. The van der Waals surface area contributed by atoms with E-state index < -0.39 is 0 Å². The molecule has 0 aromatic carbocycles. The largest absolute Gasteiger partial charge is 0.378 e. The molecule has 0 aromatic heterocycles. The maximum Gasteiger partial charge on any atom is 0.0906 e. The summed E-state index contributed by atoms with van der Waals surface area (Å²) in [6, 6.07) is 0. The van der Waals surface area contributed by atoms with Crippen LogP contribution in [0.5, 0.6) is 0 Å². The van der Waals surface area contributed by atoms with Crippen LogP contribution in [-0.2, 0) is 4.74 Å². The van der Waals surface area contributed by atoms with Crippen molar-refractivity contribution in [3.8, 4) is 0 Å². The maximum absolute atomic E-state index is 5.33. The lowest BCUT2D eigenvalue weighted by Crippen LogP contribution is -2.38. The summed E-state index contributed by atoms with van der Waals surface area (Å²) < 4.78 is 5.33. The second-order valence-electron chi connectivity index (χ2n) is 3.38. The fourth-order valence-electron chi connectivity index (χ4n) is 1.94. The zero-order valence-electron chi connectivity index (χ0n) is 6.48. The summed E-state index contributed by atoms with van der Waals surface area (Å²) in [5.74, 6) is 0.771. The van der Waals surface area contributed by atoms with E-state index in [-0.39, 0.29) is 5.54 Å². The maximum atomic E-state index is 5.33. The molecular weight excluding hydrogens is 128 g/mol. The molecule has 3 unspecified atom stereocenters. The molecule has 1 aliphatic carbocycles. The lowest BCUT2D eigenvalue weighted by Gasteiger charge is -2.15. The third-order valence-corrected chi connectivity index (χ3v) is 2.83. The first-order chi connectivity index (χ1) is 4.79. The van der Waals surface area contributed by atoms with E-state index in [2.05, 4.69) is 17.8 Å². The number of ether oxygens (including phenoxy) is 1. The second kappa shape index (κ2) is 1.94. The third-order valence-electron chi connectivity index (χ3n) is 2.83. The van der Waals surface area contributed by atoms with Gasteiger partial charge in [0.05, 0.1) is 11.6 Å². The summed E-state index contributed by atoms with van der Waals surface area (Å²) in [5.41, 5.74) is 6.70. The highest BCUT2D eigenvalue weighted by atomic mass is 16.5. The van der Waals surface area contributed by atoms with Gasteiger partial charge in [0.2, 0.25) is 0 Å². The molecule has 58 valence electrons. The van der Waals surface area contributed by atoms with E-state index in [1.807, 2.05) is 0 Å². The van der Waals surface area contributed by atoms with Crippen LogP contribution in [0.2, 0.25) is 0 Å². The van der Waals surface area contributed by atoms with Crippen molar-refractivity contribution in [3.63, 3.8) is 0 Å². The molecule has 1 saturated carbocycles. The highest BCUT2D eigenvalue weighted by molar-refractivity contribution is 5.15. The Labute approximate surface area is 61.1 Å². The van der Waals surface area contributed by atoms with Gasteiger partial charge in [-0.15, -0.1) is 0 Å². The molecule has 0 bridgehead atoms. The number of rotatable bonds is 1. The molecule has 2 rings (SSSR count). The summed E-state index contributed by atoms with van der Waals surface area (Å²) in [5, 5.41) is 0. The third kappa shape index (κ3) is 0.654. The lowest BCUT2D eigenvalue weighted by molar-refractivity contribution is 0.0886. The minimum Gasteiger partial charge on any atom is -0.378 e. The minimum absolute atomic E-state index is 0.286. The molecule has 3 heteroatoms. The van der Waals surface area contributed by atoms with Crippen molar-refractivity contribution in [1.29, 1.82) is 0 Å². The highest BCUT2D eigenvalue weighted by Gasteiger charge is 2.59. The van der Waals surface area contributed by atoms with E-state index in [1.54, 1.807) is 7.11 Å². The number of methoxy groups -OCH3 is 1. The molecule has 2 fully saturated rings. The Bertz CT molecular complexity index is 151. The molecule has 2 N–H and O–H groups in total. The Morgan fingerprint density at radius 2 is 2.30 bits per heavy atom. The van der Waals surface area contributed by atoms with E-state index >= 15 is 0 Å². The fraction of sp³-hybridized carbons (Fsp3) is 1.00. The summed E-state index contributed by atoms with van der Waals surface area (Å²) in [7, 11) is 1.78. The van der Waals surface area contributed by atoms with Crippen LogP contribution in [-0.4, -0.2) is 25.3 Å². The average molecular weight is 142 g/mol. The van der Waals surface area contributed by atoms with E-state index in [0.29, 0.717) is 6.10 Å². The van der Waals surface area contributed by atoms with Gasteiger partial charge in [-0.25, -0.2) is 5.43 Å². The molecule has 1 saturated heterocycles. The van der Waals surface area contributed by atoms with Crippen LogP contribution in [0.1, 0.15) is 13.3 Å². The topological polar surface area (TPSA) is 33.3 Å². The number of hydrogen-bond donors (Lipinski definition) is 2. The van der Waals surface area contributed by atoms with Crippen molar-refractivity contribution in [2.45, 2.75) is 25.0 Å². The van der Waals surface area contributed by atoms with Crippen LogP contribution < -0.4 is 10.9 Å². The van der Waals surface area contributed by atoms with Gasteiger partial charge in [0.1, 0.15) is 0 Å². The minimum atomic E-state index is 0.286. The van der Waals surface area contributed by atoms with Crippen molar-refractivity contribution in [3.05, 3.63) is 0 Å². The second-order valence-corrected chi connectivity index (χ2v) is 3.38. The smallest absolute Gasteiger partial charge is 0.0906 e. The molecule has 1 spiro atoms. The predicted molar refractivity (Wildman–Crippen MR) is 38.4 cm³/mol. The first kappa shape index (κ1) is 6.58. The molecule has 0 radical (unpaired) electrons. The molecule has 2 aliphatic rings. The normalized spacial score (nSPS) is 52.2. The van der Waals surface area contributed by atoms with Crippen LogP contribution >= 0.6 is 0 Å². The van der Waals surface area contributed by atoms with Gasteiger partial charge in [-0.05, 0) is 12.3 Å². The highest BCUT2D eigenvalue weighted by Crippen LogP contribution is 2.47. The van der Waals surface area contributed by atoms with E-state index in [0.717, 1.165) is 12.5 Å². The lowest BCUT2D eigenvalue weighted by atomic mass is 10.1. The van der Waals surface area contributed by atoms with Gasteiger partial charge >= 0.3 is 0 Å². The van der Waals surface area contributed by atoms with Gasteiger partial charge in [-0.2, -0.15) is 0 Å². The van der Waals surface area contributed by atoms with Crippen molar-refractivity contribution in [2.24, 2.45) is 5.92 Å². The van der Waals surface area contributed by atoms with Crippen molar-refractivity contribution >= 4 is 0 Å². The molecule has 0 amide bonds. The molecule has 1 heterocycles. The van der Waals surface area contributed by atoms with Crippen molar-refractivity contribution in [2.75, 3.05) is 13.7 Å². The molecular formula is C7H14N2O. The van der Waals surface area contributed by atoms with Gasteiger partial charge in [-0.3, -0.25) is 5.43 Å². The molecule has 3 atom stereocenters. The summed E-state index contributed by atoms with van der Waals surface area (Å²) in [6.07, 6.45) is 1.63. The fourth-order valence-corrected chi connectivity index (χ4v) is 1.94. The molecule has 10 heavy (non-hydrogen) atoms. The number of hydrogen-bond acceptors (Lipinski definition) is 3. The van der Waals surface area contributed by atoms with Gasteiger partial charge < -0.3 is 4.74 Å². The van der Waals surface area contributed by atoms with Crippen LogP contribution in [0.4, 0.5) is 0 Å². The summed E-state index contributed by atoms with van der Waals surface area (Å²) >= 11 is 0. The first-order valence-electron chi connectivity index (χ1n) is 3.82. The molecule has 0 aromatic rings. The van der Waals surface area contributed by atoms with Crippen LogP contribution in [0.3, 0.4) is 0 Å².